The maximum Gasteiger partial charge on any atom is 0.255 e. The number of aryl methyl sites for hydroxylation is 2. The zero-order chi connectivity index (χ0) is 12.6. The van der Waals surface area contributed by atoms with E-state index in [4.69, 9.17) is 5.73 Å². The molecule has 0 saturated carbocycles. The number of fused-ring (bicyclic) bond motifs is 1. The Hall–Kier alpha value is -0.910. The van der Waals surface area contributed by atoms with Gasteiger partial charge in [0, 0.05) is 11.4 Å². The molecule has 19 heavy (non-hydrogen) atoms. The topological polar surface area (TPSA) is 69.1 Å². The summed E-state index contributed by atoms with van der Waals surface area (Å²) in [6.07, 6.45) is 0.897. The Balaban J connectivity index is 0.00000162. The molecule has 2 rings (SSSR count). The van der Waals surface area contributed by atoms with Crippen LogP contribution in [0.1, 0.15) is 43.5 Å². The molecule has 0 aromatic carbocycles. The third-order valence-corrected chi connectivity index (χ3v) is 2.77. The quantitative estimate of drug-likeness (QED) is 0.946. The molecule has 1 atom stereocenters. The van der Waals surface area contributed by atoms with Crippen molar-refractivity contribution in [2.24, 2.45) is 11.7 Å². The van der Waals surface area contributed by atoms with E-state index in [0.29, 0.717) is 11.7 Å². The molecule has 2 aromatic rings. The Morgan fingerprint density at radius 1 is 1.21 bits per heavy atom. The van der Waals surface area contributed by atoms with E-state index in [1.54, 1.807) is 0 Å². The molecule has 0 aliphatic heterocycles. The minimum absolute atomic E-state index is 0. The van der Waals surface area contributed by atoms with Crippen LogP contribution in [0, 0.1) is 19.8 Å². The maximum atomic E-state index is 6.16. The van der Waals surface area contributed by atoms with Gasteiger partial charge in [0.05, 0.1) is 6.04 Å². The molecule has 1 unspecified atom stereocenters. The van der Waals surface area contributed by atoms with Crippen molar-refractivity contribution in [3.05, 3.63) is 23.3 Å². The van der Waals surface area contributed by atoms with E-state index in [2.05, 4.69) is 29.0 Å². The van der Waals surface area contributed by atoms with Gasteiger partial charge >= 0.3 is 0 Å². The zero-order valence-corrected chi connectivity index (χ0v) is 13.3. The first-order chi connectivity index (χ1) is 7.99. The van der Waals surface area contributed by atoms with Crippen molar-refractivity contribution in [2.75, 3.05) is 0 Å². The molecule has 0 saturated heterocycles. The van der Waals surface area contributed by atoms with Crippen LogP contribution in [0.3, 0.4) is 0 Å². The lowest BCUT2D eigenvalue weighted by molar-refractivity contribution is 0.489. The van der Waals surface area contributed by atoms with Crippen molar-refractivity contribution in [2.45, 2.75) is 40.2 Å². The number of aromatic nitrogens is 4. The molecule has 0 aliphatic rings. The van der Waals surface area contributed by atoms with Crippen LogP contribution in [0.2, 0.25) is 0 Å². The zero-order valence-electron chi connectivity index (χ0n) is 11.6. The molecule has 0 aliphatic carbocycles. The molecule has 0 spiro atoms. The fourth-order valence-electron chi connectivity index (χ4n) is 2.11. The molecule has 108 valence electrons. The first kappa shape index (κ1) is 18.1. The molecular formula is C12H21Cl2N5. The van der Waals surface area contributed by atoms with Crippen molar-refractivity contribution < 1.29 is 0 Å². The molecule has 2 heterocycles. The van der Waals surface area contributed by atoms with Gasteiger partial charge in [-0.3, -0.25) is 4.40 Å². The Morgan fingerprint density at radius 2 is 1.84 bits per heavy atom. The summed E-state index contributed by atoms with van der Waals surface area (Å²) >= 11 is 0. The molecule has 0 amide bonds. The van der Waals surface area contributed by atoms with Gasteiger partial charge in [0.25, 0.3) is 5.78 Å². The second-order valence-electron chi connectivity index (χ2n) is 4.97. The smallest absolute Gasteiger partial charge is 0.255 e. The highest BCUT2D eigenvalue weighted by Gasteiger charge is 2.17. The average Bonchev–Trinajstić information content (AvgIpc) is 2.59. The fourth-order valence-corrected chi connectivity index (χ4v) is 2.11. The summed E-state index contributed by atoms with van der Waals surface area (Å²) in [6.45, 7) is 8.28. The van der Waals surface area contributed by atoms with Gasteiger partial charge in [-0.15, -0.1) is 35.0 Å². The molecule has 0 fully saturated rings. The van der Waals surface area contributed by atoms with Crippen molar-refractivity contribution in [3.8, 4) is 0 Å². The van der Waals surface area contributed by atoms with Gasteiger partial charge < -0.3 is 5.73 Å². The molecule has 2 aromatic heterocycles. The summed E-state index contributed by atoms with van der Waals surface area (Å²) in [5.74, 6) is 1.98. The fraction of sp³-hybridized carbons (Fsp3) is 0.583. The highest BCUT2D eigenvalue weighted by atomic mass is 35.5. The Kier molecular flexibility index (Phi) is 6.69. The highest BCUT2D eigenvalue weighted by molar-refractivity contribution is 5.85. The predicted octanol–water partition coefficient (Wildman–Crippen LogP) is 2.63. The average molecular weight is 306 g/mol. The van der Waals surface area contributed by atoms with Crippen LogP contribution in [0.4, 0.5) is 0 Å². The van der Waals surface area contributed by atoms with Gasteiger partial charge in [-0.25, -0.2) is 4.98 Å². The minimum Gasteiger partial charge on any atom is -0.321 e. The second-order valence-corrected chi connectivity index (χ2v) is 4.97. The van der Waals surface area contributed by atoms with E-state index < -0.39 is 0 Å². The van der Waals surface area contributed by atoms with Crippen molar-refractivity contribution in [1.29, 1.82) is 0 Å². The van der Waals surface area contributed by atoms with Gasteiger partial charge in [-0.2, -0.15) is 0 Å². The molecule has 0 radical (unpaired) electrons. The number of hydrogen-bond acceptors (Lipinski definition) is 4. The van der Waals surface area contributed by atoms with E-state index in [1.807, 2.05) is 24.3 Å². The number of rotatable bonds is 3. The van der Waals surface area contributed by atoms with Gasteiger partial charge in [0.2, 0.25) is 0 Å². The third kappa shape index (κ3) is 3.78. The van der Waals surface area contributed by atoms with Crippen LogP contribution in [0.5, 0.6) is 0 Å². The SMILES string of the molecule is Cc1cc(C)n2c(C(N)CC(C)C)nnc2n1.Cl.Cl. The van der Waals surface area contributed by atoms with Crippen LogP contribution in [0.15, 0.2) is 6.07 Å². The molecule has 5 nitrogen and oxygen atoms in total. The van der Waals surface area contributed by atoms with Crippen molar-refractivity contribution in [1.82, 2.24) is 19.6 Å². The second kappa shape index (κ2) is 7.03. The molecular weight excluding hydrogens is 285 g/mol. The number of hydrogen-bond donors (Lipinski definition) is 1. The van der Waals surface area contributed by atoms with Gasteiger partial charge in [-0.05, 0) is 32.3 Å². The molecule has 7 heteroatoms. The van der Waals surface area contributed by atoms with Gasteiger partial charge in [0.15, 0.2) is 5.82 Å². The summed E-state index contributed by atoms with van der Waals surface area (Å²) in [7, 11) is 0. The normalized spacial score (nSPS) is 12.1. The van der Waals surface area contributed by atoms with Crippen LogP contribution >= 0.6 is 24.8 Å². The van der Waals surface area contributed by atoms with Gasteiger partial charge in [0.1, 0.15) is 0 Å². The number of nitrogens with two attached hydrogens (primary N) is 1. The first-order valence-corrected chi connectivity index (χ1v) is 5.94. The minimum atomic E-state index is -0.0896. The molecule has 2 N–H and O–H groups in total. The standard InChI is InChI=1S/C12H19N5.2ClH/c1-7(2)5-10(13)11-15-16-12-14-8(3)6-9(4)17(11)12;;/h6-7,10H,5,13H2,1-4H3;2*1H. The summed E-state index contributed by atoms with van der Waals surface area (Å²) in [5, 5.41) is 8.27. The summed E-state index contributed by atoms with van der Waals surface area (Å²) in [6, 6.07) is 1.93. The number of nitrogens with zero attached hydrogens (tertiary/aromatic N) is 4. The summed E-state index contributed by atoms with van der Waals surface area (Å²) in [4.78, 5) is 4.35. The van der Waals surface area contributed by atoms with E-state index in [0.717, 1.165) is 23.6 Å². The van der Waals surface area contributed by atoms with Crippen molar-refractivity contribution >= 4 is 30.6 Å². The highest BCUT2D eigenvalue weighted by Crippen LogP contribution is 2.18. The van der Waals surface area contributed by atoms with E-state index in [1.165, 1.54) is 0 Å². The van der Waals surface area contributed by atoms with Crippen LogP contribution in [-0.2, 0) is 0 Å². The lowest BCUT2D eigenvalue weighted by atomic mass is 10.0. The van der Waals surface area contributed by atoms with E-state index >= 15 is 0 Å². The predicted molar refractivity (Wildman–Crippen MR) is 81.1 cm³/mol. The largest absolute Gasteiger partial charge is 0.321 e. The monoisotopic (exact) mass is 305 g/mol. The lowest BCUT2D eigenvalue weighted by Crippen LogP contribution is -2.17. The van der Waals surface area contributed by atoms with Crippen LogP contribution < -0.4 is 5.73 Å². The van der Waals surface area contributed by atoms with E-state index in [9.17, 15) is 0 Å². The summed E-state index contributed by atoms with van der Waals surface area (Å²) < 4.78 is 1.94. The van der Waals surface area contributed by atoms with Crippen LogP contribution in [-0.4, -0.2) is 19.6 Å². The third-order valence-electron chi connectivity index (χ3n) is 2.77. The lowest BCUT2D eigenvalue weighted by Gasteiger charge is -2.13. The maximum absolute atomic E-state index is 6.16. The van der Waals surface area contributed by atoms with Crippen molar-refractivity contribution in [3.63, 3.8) is 0 Å². The van der Waals surface area contributed by atoms with Crippen LogP contribution in [0.25, 0.3) is 5.78 Å². The first-order valence-electron chi connectivity index (χ1n) is 5.94. The van der Waals surface area contributed by atoms with E-state index in [-0.39, 0.29) is 30.9 Å². The Bertz CT molecular complexity index is 538. The molecule has 0 bridgehead atoms. The number of halogens is 2. The Labute approximate surface area is 125 Å². The summed E-state index contributed by atoms with van der Waals surface area (Å²) in [5.41, 5.74) is 8.19. The Morgan fingerprint density at radius 3 is 2.42 bits per heavy atom. The van der Waals surface area contributed by atoms with Gasteiger partial charge in [-0.1, -0.05) is 13.8 Å².